The molecule has 106 valence electrons. The van der Waals surface area contributed by atoms with Crippen molar-refractivity contribution < 1.29 is 13.5 Å². The highest BCUT2D eigenvalue weighted by Crippen LogP contribution is 2.31. The summed E-state index contributed by atoms with van der Waals surface area (Å²) in [7, 11) is 1.46. The fourth-order valence-electron chi connectivity index (χ4n) is 1.37. The van der Waals surface area contributed by atoms with Crippen molar-refractivity contribution in [2.24, 2.45) is 0 Å². The Morgan fingerprint density at radius 3 is 2.75 bits per heavy atom. The number of anilines is 1. The molecule has 0 saturated heterocycles. The molecule has 2 aromatic rings. The molecule has 1 N–H and O–H groups in total. The Morgan fingerprint density at radius 2 is 2.05 bits per heavy atom. The summed E-state index contributed by atoms with van der Waals surface area (Å²) < 4.78 is 34.6. The highest BCUT2D eigenvalue weighted by Gasteiger charge is 2.13. The second kappa shape index (κ2) is 6.23. The van der Waals surface area contributed by atoms with E-state index >= 15 is 0 Å². The van der Waals surface area contributed by atoms with Gasteiger partial charge in [-0.1, -0.05) is 11.6 Å². The van der Waals surface area contributed by atoms with Gasteiger partial charge in [0.15, 0.2) is 11.6 Å². The number of nitrogens with zero attached hydrogens (tertiary/aromatic N) is 2. The maximum Gasteiger partial charge on any atom is 0.228 e. The summed E-state index contributed by atoms with van der Waals surface area (Å²) in [4.78, 5) is 8.19. The van der Waals surface area contributed by atoms with E-state index < -0.39 is 11.6 Å². The molecule has 0 bridgehead atoms. The number of ether oxygens (including phenoxy) is 1. The van der Waals surface area contributed by atoms with Gasteiger partial charge < -0.3 is 9.46 Å². The first-order chi connectivity index (χ1) is 9.52. The second-order valence-corrected chi connectivity index (χ2v) is 5.04. The Hall–Kier alpha value is -1.60. The molecule has 2 aromatic heterocycles. The average Bonchev–Trinajstić information content (AvgIpc) is 2.44. The number of aromatic nitrogens is 2. The second-order valence-electron chi connectivity index (χ2n) is 3.76. The third-order valence-corrected chi connectivity index (χ3v) is 3.45. The molecule has 0 aliphatic rings. The summed E-state index contributed by atoms with van der Waals surface area (Å²) in [5.74, 6) is -1.17. The van der Waals surface area contributed by atoms with Crippen LogP contribution >= 0.6 is 23.5 Å². The molecule has 0 aliphatic carbocycles. The molecule has 8 heteroatoms. The van der Waals surface area contributed by atoms with Gasteiger partial charge in [0.05, 0.1) is 23.2 Å². The zero-order valence-electron chi connectivity index (χ0n) is 10.6. The van der Waals surface area contributed by atoms with E-state index in [0.717, 1.165) is 18.1 Å². The number of nitrogens with one attached hydrogen (secondary N) is 1. The number of pyridine rings is 2. The predicted molar refractivity (Wildman–Crippen MR) is 74.2 cm³/mol. The van der Waals surface area contributed by atoms with E-state index in [1.807, 2.05) is 0 Å². The number of methoxy groups -OCH3 is 1. The first-order valence-electron chi connectivity index (χ1n) is 5.46. The maximum absolute atomic E-state index is 13.8. The molecule has 0 radical (unpaired) electrons. The van der Waals surface area contributed by atoms with E-state index in [-0.39, 0.29) is 11.4 Å². The topological polar surface area (TPSA) is 47.0 Å². The lowest BCUT2D eigenvalue weighted by Crippen LogP contribution is -2.00. The van der Waals surface area contributed by atoms with Gasteiger partial charge in [-0.15, -0.1) is 0 Å². The molecule has 0 fully saturated rings. The Bertz CT molecular complexity index is 642. The summed E-state index contributed by atoms with van der Waals surface area (Å²) in [5, 5.41) is 0.416. The minimum Gasteiger partial charge on any atom is -0.480 e. The summed E-state index contributed by atoms with van der Waals surface area (Å²) in [6, 6.07) is 1.61. The minimum absolute atomic E-state index is 0.0732. The summed E-state index contributed by atoms with van der Waals surface area (Å²) >= 11 is 6.86. The third-order valence-electron chi connectivity index (χ3n) is 2.44. The molecule has 0 saturated carbocycles. The summed E-state index contributed by atoms with van der Waals surface area (Å²) in [6.07, 6.45) is 2.39. The van der Waals surface area contributed by atoms with Gasteiger partial charge in [-0.05, 0) is 24.9 Å². The fraction of sp³-hybridized carbons (Fsp3) is 0.167. The van der Waals surface area contributed by atoms with Gasteiger partial charge in [-0.25, -0.2) is 18.7 Å². The smallest absolute Gasteiger partial charge is 0.228 e. The molecule has 0 aliphatic heterocycles. The molecule has 2 rings (SSSR count). The largest absolute Gasteiger partial charge is 0.480 e. The minimum atomic E-state index is -0.744. The fourth-order valence-corrected chi connectivity index (χ4v) is 2.35. The Kier molecular flexibility index (Phi) is 4.61. The van der Waals surface area contributed by atoms with Crippen LogP contribution in [0.4, 0.5) is 14.6 Å². The highest BCUT2D eigenvalue weighted by atomic mass is 35.5. The van der Waals surface area contributed by atoms with Crippen LogP contribution in [0.1, 0.15) is 5.56 Å². The monoisotopic (exact) mass is 317 g/mol. The van der Waals surface area contributed by atoms with Crippen LogP contribution in [0.2, 0.25) is 5.02 Å². The van der Waals surface area contributed by atoms with Crippen LogP contribution in [0, 0.1) is 18.6 Å². The van der Waals surface area contributed by atoms with E-state index in [9.17, 15) is 8.78 Å². The molecule has 0 aromatic carbocycles. The van der Waals surface area contributed by atoms with Crippen molar-refractivity contribution in [2.75, 3.05) is 11.8 Å². The van der Waals surface area contributed by atoms with Crippen molar-refractivity contribution in [1.82, 2.24) is 9.97 Å². The van der Waals surface area contributed by atoms with Crippen LogP contribution in [0.25, 0.3) is 0 Å². The number of hydrogen-bond acceptors (Lipinski definition) is 5. The van der Waals surface area contributed by atoms with Crippen LogP contribution in [0.3, 0.4) is 0 Å². The van der Waals surface area contributed by atoms with Gasteiger partial charge in [0.1, 0.15) is 5.82 Å². The van der Waals surface area contributed by atoms with Gasteiger partial charge >= 0.3 is 0 Å². The highest BCUT2D eigenvalue weighted by molar-refractivity contribution is 8.00. The van der Waals surface area contributed by atoms with E-state index in [0.29, 0.717) is 15.8 Å². The lowest BCUT2D eigenvalue weighted by Gasteiger charge is -2.10. The van der Waals surface area contributed by atoms with Gasteiger partial charge in [0.2, 0.25) is 5.88 Å². The molecule has 0 unspecified atom stereocenters. The SMILES string of the molecule is COc1ncc(Cl)cc1SNc1ncc(F)c(C)c1F. The molecule has 20 heavy (non-hydrogen) atoms. The number of rotatable bonds is 4. The zero-order chi connectivity index (χ0) is 14.7. The van der Waals surface area contributed by atoms with Crippen molar-refractivity contribution in [3.63, 3.8) is 0 Å². The Balaban J connectivity index is 2.21. The van der Waals surface area contributed by atoms with Crippen LogP contribution in [-0.4, -0.2) is 17.1 Å². The zero-order valence-corrected chi connectivity index (χ0v) is 12.1. The quantitative estimate of drug-likeness (QED) is 0.868. The molecular weight excluding hydrogens is 308 g/mol. The normalized spacial score (nSPS) is 10.4. The van der Waals surface area contributed by atoms with Gasteiger partial charge in [-0.2, -0.15) is 0 Å². The molecular formula is C12H10ClF2N3OS. The molecule has 0 spiro atoms. The van der Waals surface area contributed by atoms with Crippen LogP contribution in [0.15, 0.2) is 23.4 Å². The van der Waals surface area contributed by atoms with Crippen molar-refractivity contribution >= 4 is 29.4 Å². The third kappa shape index (κ3) is 3.10. The van der Waals surface area contributed by atoms with E-state index in [2.05, 4.69) is 14.7 Å². The Morgan fingerprint density at radius 1 is 1.30 bits per heavy atom. The predicted octanol–water partition coefficient (Wildman–Crippen LogP) is 3.84. The van der Waals surface area contributed by atoms with Crippen molar-refractivity contribution in [3.05, 3.63) is 40.7 Å². The van der Waals surface area contributed by atoms with Gasteiger partial charge in [-0.3, -0.25) is 0 Å². The van der Waals surface area contributed by atoms with Crippen LogP contribution in [0.5, 0.6) is 5.88 Å². The van der Waals surface area contributed by atoms with E-state index in [1.54, 1.807) is 6.07 Å². The maximum atomic E-state index is 13.8. The molecule has 2 heterocycles. The van der Waals surface area contributed by atoms with E-state index in [4.69, 9.17) is 16.3 Å². The first-order valence-corrected chi connectivity index (χ1v) is 6.65. The standard InChI is InChI=1S/C12H10ClF2N3OS/c1-6-8(14)5-16-11(10(6)15)18-20-9-3-7(13)4-17-12(9)19-2/h3-5H,1-2H3,(H,16,18). The van der Waals surface area contributed by atoms with Crippen molar-refractivity contribution in [2.45, 2.75) is 11.8 Å². The molecule has 4 nitrogen and oxygen atoms in total. The number of halogens is 3. The van der Waals surface area contributed by atoms with Crippen LogP contribution in [-0.2, 0) is 0 Å². The van der Waals surface area contributed by atoms with Crippen molar-refractivity contribution in [1.29, 1.82) is 0 Å². The Labute approximate surface area is 123 Å². The molecule has 0 amide bonds. The van der Waals surface area contributed by atoms with Crippen molar-refractivity contribution in [3.8, 4) is 5.88 Å². The lowest BCUT2D eigenvalue weighted by molar-refractivity contribution is 0.387. The van der Waals surface area contributed by atoms with E-state index in [1.165, 1.54) is 20.2 Å². The van der Waals surface area contributed by atoms with Gasteiger partial charge in [0.25, 0.3) is 0 Å². The van der Waals surface area contributed by atoms with Gasteiger partial charge in [0, 0.05) is 11.8 Å². The summed E-state index contributed by atoms with van der Waals surface area (Å²) in [5.41, 5.74) is -0.0979. The van der Waals surface area contributed by atoms with Crippen LogP contribution < -0.4 is 9.46 Å². The molecule has 0 atom stereocenters. The number of hydrogen-bond donors (Lipinski definition) is 1. The summed E-state index contributed by atoms with van der Waals surface area (Å²) in [6.45, 7) is 1.34. The average molecular weight is 318 g/mol. The lowest BCUT2D eigenvalue weighted by atomic mass is 10.3. The first kappa shape index (κ1) is 14.8.